The van der Waals surface area contributed by atoms with E-state index in [0.29, 0.717) is 49.4 Å². The van der Waals surface area contributed by atoms with E-state index in [-0.39, 0.29) is 41.6 Å². The van der Waals surface area contributed by atoms with Crippen LogP contribution in [0.2, 0.25) is 5.02 Å². The van der Waals surface area contributed by atoms with Crippen molar-refractivity contribution < 1.29 is 45.7 Å². The van der Waals surface area contributed by atoms with Gasteiger partial charge in [-0.1, -0.05) is 17.7 Å². The van der Waals surface area contributed by atoms with Crippen molar-refractivity contribution in [2.45, 2.75) is 36.9 Å². The second-order valence-electron chi connectivity index (χ2n) is 9.66. The Morgan fingerprint density at radius 3 is 2.47 bits per heavy atom. The van der Waals surface area contributed by atoms with E-state index in [0.717, 1.165) is 0 Å². The summed E-state index contributed by atoms with van der Waals surface area (Å²) in [6, 6.07) is 3.76. The lowest BCUT2D eigenvalue weighted by Gasteiger charge is -2.29. The Labute approximate surface area is 251 Å². The Morgan fingerprint density at radius 2 is 1.81 bits per heavy atom. The van der Waals surface area contributed by atoms with Crippen molar-refractivity contribution in [2.24, 2.45) is 0 Å². The fourth-order valence-electron chi connectivity index (χ4n) is 4.44. The Balaban J connectivity index is 1.60. The van der Waals surface area contributed by atoms with Crippen molar-refractivity contribution in [3.8, 4) is 11.5 Å². The molecule has 0 aliphatic carbocycles. The molecule has 1 aromatic heterocycles. The monoisotopic (exact) mass is 646 g/mol. The summed E-state index contributed by atoms with van der Waals surface area (Å²) in [4.78, 5) is 22.6. The van der Waals surface area contributed by atoms with Gasteiger partial charge in [0.15, 0.2) is 11.5 Å². The highest BCUT2D eigenvalue weighted by molar-refractivity contribution is 7.91. The van der Waals surface area contributed by atoms with Gasteiger partial charge in [0.05, 0.1) is 38.9 Å². The summed E-state index contributed by atoms with van der Waals surface area (Å²) in [5.74, 6) is -0.136. The first kappa shape index (κ1) is 32.5. The van der Waals surface area contributed by atoms with Crippen LogP contribution in [0.5, 0.6) is 11.5 Å². The van der Waals surface area contributed by atoms with Gasteiger partial charge < -0.3 is 29.1 Å². The highest BCUT2D eigenvalue weighted by Crippen LogP contribution is 2.35. The van der Waals surface area contributed by atoms with E-state index < -0.39 is 38.8 Å². The molecule has 1 fully saturated rings. The predicted octanol–water partition coefficient (Wildman–Crippen LogP) is 3.31. The van der Waals surface area contributed by atoms with Gasteiger partial charge in [0.2, 0.25) is 20.9 Å². The van der Waals surface area contributed by atoms with Crippen molar-refractivity contribution in [2.75, 3.05) is 46.3 Å². The van der Waals surface area contributed by atoms with Crippen LogP contribution in [0.1, 0.15) is 29.8 Å². The van der Waals surface area contributed by atoms with Crippen molar-refractivity contribution in [1.82, 2.24) is 19.8 Å². The van der Waals surface area contributed by atoms with Gasteiger partial charge >= 0.3 is 6.18 Å². The molecular weight excluding hydrogens is 617 g/mol. The van der Waals surface area contributed by atoms with Crippen molar-refractivity contribution >= 4 is 32.9 Å². The van der Waals surface area contributed by atoms with Crippen LogP contribution in [-0.2, 0) is 32.1 Å². The molecule has 2 aliphatic heterocycles. The predicted molar refractivity (Wildman–Crippen MR) is 149 cm³/mol. The van der Waals surface area contributed by atoms with Gasteiger partial charge in [-0.2, -0.15) is 13.2 Å². The number of nitrogens with zero attached hydrogens (tertiary/aromatic N) is 4. The third kappa shape index (κ3) is 7.96. The second kappa shape index (κ2) is 13.5. The van der Waals surface area contributed by atoms with Crippen molar-refractivity contribution in [1.29, 1.82) is 0 Å². The van der Waals surface area contributed by atoms with Gasteiger partial charge in [-0.05, 0) is 30.2 Å². The quantitative estimate of drug-likeness (QED) is 0.384. The lowest BCUT2D eigenvalue weighted by Crippen LogP contribution is -2.40. The molecule has 1 amide bonds. The third-order valence-corrected chi connectivity index (χ3v) is 8.65. The molecule has 43 heavy (non-hydrogen) atoms. The number of morpholine rings is 1. The Kier molecular flexibility index (Phi) is 10.2. The van der Waals surface area contributed by atoms with E-state index in [1.165, 1.54) is 43.5 Å². The number of aliphatic hydroxyl groups is 1. The zero-order valence-electron chi connectivity index (χ0n) is 23.3. The third-order valence-electron chi connectivity index (χ3n) is 6.74. The topological polar surface area (TPSA) is 131 Å². The van der Waals surface area contributed by atoms with E-state index >= 15 is 0 Å². The maximum atomic E-state index is 13.8. The molecule has 11 nitrogen and oxygen atoms in total. The average molecular weight is 647 g/mol. The van der Waals surface area contributed by atoms with Gasteiger partial charge in [-0.15, -0.1) is 0 Å². The smallest absolute Gasteiger partial charge is 0.433 e. The van der Waals surface area contributed by atoms with Crippen LogP contribution in [0.3, 0.4) is 0 Å². The molecule has 0 spiro atoms. The summed E-state index contributed by atoms with van der Waals surface area (Å²) in [5, 5.41) is 9.85. The maximum absolute atomic E-state index is 13.8. The molecule has 0 bridgehead atoms. The van der Waals surface area contributed by atoms with E-state index in [2.05, 4.69) is 9.97 Å². The van der Waals surface area contributed by atoms with Crippen molar-refractivity contribution in [3.05, 3.63) is 58.5 Å². The van der Waals surface area contributed by atoms with E-state index in [1.54, 1.807) is 11.0 Å². The zero-order chi connectivity index (χ0) is 31.4. The highest BCUT2D eigenvalue weighted by Gasteiger charge is 2.36. The summed E-state index contributed by atoms with van der Waals surface area (Å²) >= 11 is 6.38. The number of allylic oxidation sites excluding steroid dienone is 2. The number of amides is 1. The van der Waals surface area contributed by atoms with Crippen LogP contribution < -0.4 is 9.47 Å². The second-order valence-corrected chi connectivity index (χ2v) is 12.1. The molecule has 1 unspecified atom stereocenters. The number of rotatable bonds is 10. The van der Waals surface area contributed by atoms with Gasteiger partial charge in [0.1, 0.15) is 11.9 Å². The number of methoxy groups -OCH3 is 2. The first-order valence-electron chi connectivity index (χ1n) is 13.1. The van der Waals surface area contributed by atoms with Crippen LogP contribution in [0.25, 0.3) is 5.57 Å². The largest absolute Gasteiger partial charge is 0.493 e. The number of sulfone groups is 1. The summed E-state index contributed by atoms with van der Waals surface area (Å²) < 4.78 is 83.2. The summed E-state index contributed by atoms with van der Waals surface area (Å²) in [6.07, 6.45) is -2.39. The average Bonchev–Trinajstić information content (AvgIpc) is 2.98. The molecule has 2 aliphatic rings. The van der Waals surface area contributed by atoms with E-state index in [1.807, 2.05) is 0 Å². The lowest BCUT2D eigenvalue weighted by molar-refractivity contribution is -0.141. The first-order valence-corrected chi connectivity index (χ1v) is 15.1. The minimum absolute atomic E-state index is 0.00767. The van der Waals surface area contributed by atoms with Crippen LogP contribution in [0.15, 0.2) is 41.7 Å². The highest BCUT2D eigenvalue weighted by atomic mass is 35.5. The lowest BCUT2D eigenvalue weighted by atomic mass is 10.1. The number of carbonyl (C=O) groups is 1. The Morgan fingerprint density at radius 1 is 1.14 bits per heavy atom. The number of hydrogen-bond acceptors (Lipinski definition) is 10. The SMILES string of the molecule is COc1cc(Cl)c(CN2C=C(c3cc(C(F)(F)F)nc(S(=O)(=O)CCCC(=O)N4CCOCC4)n3)C=CC2O)cc1OC. The molecule has 1 saturated heterocycles. The van der Waals surface area contributed by atoms with Gasteiger partial charge in [0.25, 0.3) is 0 Å². The number of hydrogen-bond donors (Lipinski definition) is 1. The molecule has 1 atom stereocenters. The fourth-order valence-corrected chi connectivity index (χ4v) is 5.83. The van der Waals surface area contributed by atoms with Crippen LogP contribution in [0, 0.1) is 0 Å². The minimum Gasteiger partial charge on any atom is -0.493 e. The molecular formula is C27H30ClF3N4O7S. The van der Waals surface area contributed by atoms with Gasteiger partial charge in [-0.3, -0.25) is 4.79 Å². The zero-order valence-corrected chi connectivity index (χ0v) is 24.9. The maximum Gasteiger partial charge on any atom is 0.433 e. The van der Waals surface area contributed by atoms with Crippen LogP contribution in [0.4, 0.5) is 13.2 Å². The van der Waals surface area contributed by atoms with Crippen LogP contribution >= 0.6 is 11.6 Å². The summed E-state index contributed by atoms with van der Waals surface area (Å²) in [7, 11) is -1.52. The number of benzene rings is 1. The number of aliphatic hydroxyl groups excluding tert-OH is 1. The molecule has 2 aromatic rings. The van der Waals surface area contributed by atoms with Gasteiger partial charge in [-0.25, -0.2) is 18.4 Å². The number of ether oxygens (including phenoxy) is 3. The Hall–Kier alpha value is -3.40. The molecule has 16 heteroatoms. The number of carbonyl (C=O) groups excluding carboxylic acids is 1. The molecule has 4 rings (SSSR count). The van der Waals surface area contributed by atoms with E-state index in [4.69, 9.17) is 25.8 Å². The number of aromatic nitrogens is 2. The van der Waals surface area contributed by atoms with E-state index in [9.17, 15) is 31.5 Å². The first-order chi connectivity index (χ1) is 20.3. The molecule has 0 saturated carbocycles. The molecule has 1 aromatic carbocycles. The number of alkyl halides is 3. The number of halogens is 4. The summed E-state index contributed by atoms with van der Waals surface area (Å²) in [6.45, 7) is 1.54. The molecule has 1 N–H and O–H groups in total. The standard InChI is InChI=1S/C27H30ClF3N4O7S/c1-40-21-12-18(19(28)13-22(21)41-2)16-35-15-17(5-6-25(35)37)20-14-23(27(29,30)31)33-26(32-20)43(38,39)11-3-4-24(36)34-7-9-42-10-8-34/h5-6,12-15,25,37H,3-4,7-11,16H2,1-2H3. The Bertz CT molecular complexity index is 1510. The normalized spacial score (nSPS) is 17.6. The minimum atomic E-state index is -4.97. The fraction of sp³-hybridized carbons (Fsp3) is 0.444. The molecule has 3 heterocycles. The van der Waals surface area contributed by atoms with Crippen LogP contribution in [-0.4, -0.2) is 91.7 Å². The molecule has 0 radical (unpaired) electrons. The van der Waals surface area contributed by atoms with Crippen molar-refractivity contribution in [3.63, 3.8) is 0 Å². The summed E-state index contributed by atoms with van der Waals surface area (Å²) in [5.41, 5.74) is -1.17. The van der Waals surface area contributed by atoms with Gasteiger partial charge in [0, 0.05) is 48.9 Å². The molecule has 234 valence electrons.